The van der Waals surface area contributed by atoms with Crippen LogP contribution in [-0.2, 0) is 6.61 Å². The lowest BCUT2D eigenvalue weighted by Crippen LogP contribution is -2.03. The summed E-state index contributed by atoms with van der Waals surface area (Å²) in [6.07, 6.45) is 1.06. The Labute approximate surface area is 129 Å². The average Bonchev–Trinajstić information content (AvgIpc) is 2.83. The summed E-state index contributed by atoms with van der Waals surface area (Å²) >= 11 is 10.6. The number of ether oxygens (including phenoxy) is 1. The number of rotatable bonds is 6. The van der Waals surface area contributed by atoms with Crippen LogP contribution in [-0.4, -0.2) is 16.1 Å². The van der Waals surface area contributed by atoms with E-state index in [0.29, 0.717) is 11.6 Å². The molecule has 2 rings (SSSR count). The molecule has 0 fully saturated rings. The Morgan fingerprint density at radius 1 is 1.47 bits per heavy atom. The molecule has 0 atom stereocenters. The van der Waals surface area contributed by atoms with E-state index in [2.05, 4.69) is 37.8 Å². The number of nitrogens with one attached hydrogen (secondary N) is 1. The van der Waals surface area contributed by atoms with Gasteiger partial charge in [0.05, 0.1) is 4.47 Å². The Hall–Kier alpha value is -0.850. The van der Waals surface area contributed by atoms with Crippen LogP contribution in [0.2, 0.25) is 5.02 Å². The molecule has 1 aromatic carbocycles. The van der Waals surface area contributed by atoms with Gasteiger partial charge in [-0.2, -0.15) is 0 Å². The van der Waals surface area contributed by atoms with Gasteiger partial charge < -0.3 is 10.1 Å². The van der Waals surface area contributed by atoms with Crippen LogP contribution in [0.5, 0.6) is 5.75 Å². The van der Waals surface area contributed by atoms with Gasteiger partial charge >= 0.3 is 0 Å². The van der Waals surface area contributed by atoms with Crippen molar-refractivity contribution in [2.24, 2.45) is 0 Å². The van der Waals surface area contributed by atoms with Gasteiger partial charge in [-0.3, -0.25) is 0 Å². The lowest BCUT2D eigenvalue weighted by atomic mass is 10.3. The summed E-state index contributed by atoms with van der Waals surface area (Å²) in [6.45, 7) is 3.40. The Morgan fingerprint density at radius 2 is 2.32 bits per heavy atom. The first kappa shape index (κ1) is 14.6. The van der Waals surface area contributed by atoms with Crippen molar-refractivity contribution in [1.29, 1.82) is 0 Å². The molecule has 0 radical (unpaired) electrons. The molecule has 1 N–H and O–H groups in total. The first-order valence-electron chi connectivity index (χ1n) is 5.83. The summed E-state index contributed by atoms with van der Waals surface area (Å²) in [4.78, 5) is 0. The number of halogens is 2. The molecule has 1 heterocycles. The Bertz CT molecular complexity index is 550. The van der Waals surface area contributed by atoms with Crippen molar-refractivity contribution in [3.05, 3.63) is 33.4 Å². The van der Waals surface area contributed by atoms with Crippen molar-refractivity contribution >= 4 is 44.1 Å². The zero-order valence-electron chi connectivity index (χ0n) is 10.3. The van der Waals surface area contributed by atoms with Crippen LogP contribution < -0.4 is 10.1 Å². The Morgan fingerprint density at radius 3 is 3.05 bits per heavy atom. The van der Waals surface area contributed by atoms with E-state index in [1.165, 1.54) is 11.5 Å². The Kier molecular flexibility index (Phi) is 5.42. The lowest BCUT2D eigenvalue weighted by molar-refractivity contribution is 0.300. The van der Waals surface area contributed by atoms with Crippen LogP contribution in [0.15, 0.2) is 22.7 Å². The molecule has 0 spiro atoms. The van der Waals surface area contributed by atoms with Crippen molar-refractivity contribution in [1.82, 2.24) is 9.59 Å². The van der Waals surface area contributed by atoms with Crippen molar-refractivity contribution in [2.45, 2.75) is 20.0 Å². The first-order chi connectivity index (χ1) is 9.20. The Balaban J connectivity index is 2.00. The molecule has 2 aromatic rings. The smallest absolute Gasteiger partial charge is 0.136 e. The van der Waals surface area contributed by atoms with E-state index in [9.17, 15) is 0 Å². The minimum atomic E-state index is 0.378. The SMILES string of the molecule is CCCNc1snnc1COc1ccc(Cl)cc1Br. The summed E-state index contributed by atoms with van der Waals surface area (Å²) in [6, 6.07) is 5.41. The zero-order chi connectivity index (χ0) is 13.7. The highest BCUT2D eigenvalue weighted by Gasteiger charge is 2.09. The van der Waals surface area contributed by atoms with E-state index in [-0.39, 0.29) is 0 Å². The van der Waals surface area contributed by atoms with Gasteiger partial charge in [0.1, 0.15) is 23.1 Å². The second-order valence-corrected chi connectivity index (χ2v) is 5.88. The fourth-order valence-corrected chi connectivity index (χ4v) is 2.80. The van der Waals surface area contributed by atoms with E-state index in [4.69, 9.17) is 16.3 Å². The molecule has 1 aromatic heterocycles. The van der Waals surface area contributed by atoms with Crippen LogP contribution in [0.4, 0.5) is 5.00 Å². The van der Waals surface area contributed by atoms with E-state index in [1.807, 2.05) is 6.07 Å². The maximum Gasteiger partial charge on any atom is 0.136 e. The second-order valence-electron chi connectivity index (χ2n) is 3.84. The van der Waals surface area contributed by atoms with Crippen molar-refractivity contribution in [3.63, 3.8) is 0 Å². The molecular formula is C12H13BrClN3OS. The van der Waals surface area contributed by atoms with E-state index < -0.39 is 0 Å². The molecule has 0 amide bonds. The predicted molar refractivity (Wildman–Crippen MR) is 82.2 cm³/mol. The summed E-state index contributed by atoms with van der Waals surface area (Å²) in [5, 5.41) is 8.99. The summed E-state index contributed by atoms with van der Waals surface area (Å²) in [5.74, 6) is 0.735. The topological polar surface area (TPSA) is 47.0 Å². The number of hydrogen-bond acceptors (Lipinski definition) is 5. The number of nitrogens with zero attached hydrogens (tertiary/aromatic N) is 2. The second kappa shape index (κ2) is 7.07. The normalized spacial score (nSPS) is 10.5. The fourth-order valence-electron chi connectivity index (χ4n) is 1.41. The molecule has 0 bridgehead atoms. The van der Waals surface area contributed by atoms with E-state index in [0.717, 1.165) is 33.9 Å². The van der Waals surface area contributed by atoms with Gasteiger partial charge in [0.15, 0.2) is 0 Å². The van der Waals surface area contributed by atoms with Crippen LogP contribution in [0.3, 0.4) is 0 Å². The van der Waals surface area contributed by atoms with Gasteiger partial charge in [-0.05, 0) is 40.5 Å². The maximum absolute atomic E-state index is 5.88. The molecule has 7 heteroatoms. The largest absolute Gasteiger partial charge is 0.486 e. The van der Waals surface area contributed by atoms with Crippen LogP contribution in [0.25, 0.3) is 0 Å². The highest BCUT2D eigenvalue weighted by molar-refractivity contribution is 9.10. The maximum atomic E-state index is 5.88. The van der Waals surface area contributed by atoms with Gasteiger partial charge in [0.25, 0.3) is 0 Å². The number of hydrogen-bond donors (Lipinski definition) is 1. The third-order valence-electron chi connectivity index (χ3n) is 2.35. The molecular weight excluding hydrogens is 350 g/mol. The van der Waals surface area contributed by atoms with Gasteiger partial charge in [-0.25, -0.2) is 0 Å². The molecule has 0 saturated heterocycles. The van der Waals surface area contributed by atoms with Crippen molar-refractivity contribution in [3.8, 4) is 5.75 Å². The number of anilines is 1. The van der Waals surface area contributed by atoms with Gasteiger partial charge in [-0.1, -0.05) is 23.0 Å². The van der Waals surface area contributed by atoms with Crippen LogP contribution >= 0.6 is 39.1 Å². The standard InChI is InChI=1S/C12H13BrClN3OS/c1-2-5-15-12-10(16-17-19-12)7-18-11-4-3-8(14)6-9(11)13/h3-4,6,15H,2,5,7H2,1H3. The van der Waals surface area contributed by atoms with Gasteiger partial charge in [0, 0.05) is 23.1 Å². The van der Waals surface area contributed by atoms with E-state index >= 15 is 0 Å². The molecule has 0 saturated carbocycles. The summed E-state index contributed by atoms with van der Waals surface area (Å²) in [7, 11) is 0. The fraction of sp³-hybridized carbons (Fsp3) is 0.333. The van der Waals surface area contributed by atoms with Crippen LogP contribution in [0.1, 0.15) is 19.0 Å². The quantitative estimate of drug-likeness (QED) is 0.829. The third kappa shape index (κ3) is 4.06. The van der Waals surface area contributed by atoms with E-state index in [1.54, 1.807) is 12.1 Å². The summed E-state index contributed by atoms with van der Waals surface area (Å²) in [5.41, 5.74) is 0.820. The predicted octanol–water partition coefficient (Wildman–Crippen LogP) is 4.35. The van der Waals surface area contributed by atoms with Crippen molar-refractivity contribution in [2.75, 3.05) is 11.9 Å². The molecule has 102 valence electrons. The minimum Gasteiger partial charge on any atom is -0.486 e. The summed E-state index contributed by atoms with van der Waals surface area (Å²) < 4.78 is 10.5. The average molecular weight is 363 g/mol. The lowest BCUT2D eigenvalue weighted by Gasteiger charge is -2.08. The first-order valence-corrected chi connectivity index (χ1v) is 7.78. The molecule has 4 nitrogen and oxygen atoms in total. The molecule has 0 aliphatic heterocycles. The molecule has 0 aliphatic rings. The molecule has 0 aliphatic carbocycles. The molecule has 0 unspecified atom stereocenters. The van der Waals surface area contributed by atoms with Crippen LogP contribution in [0, 0.1) is 0 Å². The van der Waals surface area contributed by atoms with Crippen molar-refractivity contribution < 1.29 is 4.74 Å². The van der Waals surface area contributed by atoms with Gasteiger partial charge in [-0.15, -0.1) is 5.10 Å². The highest BCUT2D eigenvalue weighted by atomic mass is 79.9. The highest BCUT2D eigenvalue weighted by Crippen LogP contribution is 2.29. The zero-order valence-corrected chi connectivity index (χ0v) is 13.5. The monoisotopic (exact) mass is 361 g/mol. The minimum absolute atomic E-state index is 0.378. The number of aromatic nitrogens is 2. The number of benzene rings is 1. The van der Waals surface area contributed by atoms with Gasteiger partial charge in [0.2, 0.25) is 0 Å². The third-order valence-corrected chi connectivity index (χ3v) is 3.93. The molecule has 19 heavy (non-hydrogen) atoms.